The first-order chi connectivity index (χ1) is 5.61. The van der Waals surface area contributed by atoms with Crippen LogP contribution in [0.5, 0.6) is 0 Å². The van der Waals surface area contributed by atoms with Gasteiger partial charge in [0, 0.05) is 0 Å². The molecule has 1 unspecified atom stereocenters. The highest BCUT2D eigenvalue weighted by atomic mass is 16.5. The Hall–Kier alpha value is -1.10. The zero-order valence-corrected chi connectivity index (χ0v) is 6.82. The molecule has 0 aliphatic heterocycles. The van der Waals surface area contributed by atoms with Crippen LogP contribution in [0.3, 0.4) is 0 Å². The zero-order valence-electron chi connectivity index (χ0n) is 6.82. The SMILES string of the molecule is CCOC(=O)CC(CO)C(=O)O. The molecular formula is C7H12O5. The highest BCUT2D eigenvalue weighted by molar-refractivity contribution is 5.78. The molecule has 5 heteroatoms. The van der Waals surface area contributed by atoms with E-state index in [1.54, 1.807) is 6.92 Å². The van der Waals surface area contributed by atoms with Crippen LogP contribution in [0.25, 0.3) is 0 Å². The minimum atomic E-state index is -1.19. The Kier molecular flexibility index (Phi) is 5.03. The van der Waals surface area contributed by atoms with Crippen molar-refractivity contribution >= 4 is 11.9 Å². The third-order valence-corrected chi connectivity index (χ3v) is 1.29. The summed E-state index contributed by atoms with van der Waals surface area (Å²) in [5.74, 6) is -2.84. The highest BCUT2D eigenvalue weighted by Crippen LogP contribution is 2.03. The number of carbonyl (C=O) groups is 2. The Morgan fingerprint density at radius 2 is 2.08 bits per heavy atom. The van der Waals surface area contributed by atoms with Gasteiger partial charge < -0.3 is 14.9 Å². The molecule has 0 saturated heterocycles. The second-order valence-electron chi connectivity index (χ2n) is 2.23. The third kappa shape index (κ3) is 3.92. The average molecular weight is 176 g/mol. The summed E-state index contributed by atoms with van der Waals surface area (Å²) in [6.45, 7) is 1.30. The number of aliphatic carboxylic acids is 1. The number of carboxylic acid groups (broad SMARTS) is 1. The summed E-state index contributed by atoms with van der Waals surface area (Å²) >= 11 is 0. The van der Waals surface area contributed by atoms with E-state index in [0.29, 0.717) is 0 Å². The van der Waals surface area contributed by atoms with Gasteiger partial charge in [-0.25, -0.2) is 0 Å². The summed E-state index contributed by atoms with van der Waals surface area (Å²) in [6, 6.07) is 0. The average Bonchev–Trinajstić information content (AvgIpc) is 2.00. The molecule has 0 radical (unpaired) electrons. The van der Waals surface area contributed by atoms with Crippen molar-refractivity contribution in [3.8, 4) is 0 Å². The molecule has 0 fully saturated rings. The van der Waals surface area contributed by atoms with Crippen molar-refractivity contribution in [3.63, 3.8) is 0 Å². The molecule has 1 atom stereocenters. The standard InChI is InChI=1S/C7H12O5/c1-2-12-6(9)3-5(4-8)7(10)11/h5,8H,2-4H2,1H3,(H,10,11). The summed E-state index contributed by atoms with van der Waals surface area (Å²) < 4.78 is 4.51. The second-order valence-corrected chi connectivity index (χ2v) is 2.23. The topological polar surface area (TPSA) is 83.8 Å². The fourth-order valence-corrected chi connectivity index (χ4v) is 0.651. The van der Waals surface area contributed by atoms with Crippen molar-refractivity contribution in [2.75, 3.05) is 13.2 Å². The minimum absolute atomic E-state index is 0.219. The van der Waals surface area contributed by atoms with E-state index in [0.717, 1.165) is 0 Å². The highest BCUT2D eigenvalue weighted by Gasteiger charge is 2.20. The lowest BCUT2D eigenvalue weighted by atomic mass is 10.1. The first-order valence-electron chi connectivity index (χ1n) is 3.61. The molecule has 0 heterocycles. The molecule has 0 aliphatic carbocycles. The lowest BCUT2D eigenvalue weighted by Gasteiger charge is -2.07. The van der Waals surface area contributed by atoms with Gasteiger partial charge in [-0.1, -0.05) is 0 Å². The van der Waals surface area contributed by atoms with Gasteiger partial charge in [0.25, 0.3) is 0 Å². The summed E-state index contributed by atoms with van der Waals surface area (Å²) in [5, 5.41) is 16.9. The van der Waals surface area contributed by atoms with E-state index >= 15 is 0 Å². The second kappa shape index (κ2) is 5.54. The lowest BCUT2D eigenvalue weighted by molar-refractivity contribution is -0.152. The molecule has 12 heavy (non-hydrogen) atoms. The number of hydrogen-bond acceptors (Lipinski definition) is 4. The Labute approximate surface area is 70.0 Å². The maximum Gasteiger partial charge on any atom is 0.309 e. The molecule has 0 bridgehead atoms. The smallest absolute Gasteiger partial charge is 0.309 e. The Bertz CT molecular complexity index is 165. The lowest BCUT2D eigenvalue weighted by Crippen LogP contribution is -2.22. The molecule has 0 saturated carbocycles. The van der Waals surface area contributed by atoms with Crippen LogP contribution in [0, 0.1) is 5.92 Å². The summed E-state index contributed by atoms with van der Waals surface area (Å²) in [4.78, 5) is 21.0. The van der Waals surface area contributed by atoms with Crippen molar-refractivity contribution < 1.29 is 24.5 Å². The Morgan fingerprint density at radius 3 is 2.42 bits per heavy atom. The minimum Gasteiger partial charge on any atom is -0.481 e. The van der Waals surface area contributed by atoms with E-state index in [2.05, 4.69) is 4.74 Å². The number of esters is 1. The van der Waals surface area contributed by atoms with E-state index in [-0.39, 0.29) is 13.0 Å². The monoisotopic (exact) mass is 176 g/mol. The molecule has 0 rings (SSSR count). The summed E-state index contributed by atoms with van der Waals surface area (Å²) in [6.07, 6.45) is -0.278. The van der Waals surface area contributed by atoms with Gasteiger partial charge in [-0.2, -0.15) is 0 Å². The molecular weight excluding hydrogens is 164 g/mol. The number of aliphatic hydroxyl groups excluding tert-OH is 1. The van der Waals surface area contributed by atoms with Gasteiger partial charge in [-0.15, -0.1) is 0 Å². The third-order valence-electron chi connectivity index (χ3n) is 1.29. The van der Waals surface area contributed by atoms with Crippen molar-refractivity contribution in [3.05, 3.63) is 0 Å². The van der Waals surface area contributed by atoms with Crippen LogP contribution < -0.4 is 0 Å². The van der Waals surface area contributed by atoms with Gasteiger partial charge in [0.05, 0.1) is 25.6 Å². The Balaban J connectivity index is 3.85. The van der Waals surface area contributed by atoms with E-state index in [1.807, 2.05) is 0 Å². The number of aliphatic hydroxyl groups is 1. The van der Waals surface area contributed by atoms with E-state index in [1.165, 1.54) is 0 Å². The molecule has 0 aromatic carbocycles. The molecule has 0 aliphatic rings. The maximum atomic E-state index is 10.7. The molecule has 70 valence electrons. The van der Waals surface area contributed by atoms with Crippen molar-refractivity contribution in [1.29, 1.82) is 0 Å². The molecule has 0 aromatic rings. The number of hydrogen-bond donors (Lipinski definition) is 2. The fraction of sp³-hybridized carbons (Fsp3) is 0.714. The molecule has 5 nitrogen and oxygen atoms in total. The zero-order chi connectivity index (χ0) is 9.56. The molecule has 2 N–H and O–H groups in total. The van der Waals surface area contributed by atoms with Crippen LogP contribution in [0.1, 0.15) is 13.3 Å². The molecule has 0 aromatic heterocycles. The summed E-state index contributed by atoms with van der Waals surface area (Å²) in [7, 11) is 0. The normalized spacial score (nSPS) is 12.2. The predicted molar refractivity (Wildman–Crippen MR) is 39.5 cm³/mol. The predicted octanol–water partition coefficient (Wildman–Crippen LogP) is -0.367. The van der Waals surface area contributed by atoms with Crippen LogP contribution >= 0.6 is 0 Å². The first-order valence-corrected chi connectivity index (χ1v) is 3.61. The van der Waals surface area contributed by atoms with Gasteiger partial charge >= 0.3 is 11.9 Å². The van der Waals surface area contributed by atoms with Crippen LogP contribution in [-0.4, -0.2) is 35.4 Å². The van der Waals surface area contributed by atoms with Crippen LogP contribution in [0.4, 0.5) is 0 Å². The van der Waals surface area contributed by atoms with Gasteiger partial charge in [0.2, 0.25) is 0 Å². The van der Waals surface area contributed by atoms with Crippen molar-refractivity contribution in [2.24, 2.45) is 5.92 Å². The first kappa shape index (κ1) is 10.9. The van der Waals surface area contributed by atoms with E-state index in [4.69, 9.17) is 10.2 Å². The molecule has 0 spiro atoms. The quantitative estimate of drug-likeness (QED) is 0.558. The maximum absolute atomic E-state index is 10.7. The van der Waals surface area contributed by atoms with E-state index < -0.39 is 24.5 Å². The van der Waals surface area contributed by atoms with E-state index in [9.17, 15) is 9.59 Å². The number of carboxylic acids is 1. The summed E-state index contributed by atoms with van der Waals surface area (Å²) in [5.41, 5.74) is 0. The molecule has 0 amide bonds. The van der Waals surface area contributed by atoms with Gasteiger partial charge in [0.15, 0.2) is 0 Å². The largest absolute Gasteiger partial charge is 0.481 e. The van der Waals surface area contributed by atoms with Crippen LogP contribution in [-0.2, 0) is 14.3 Å². The number of rotatable bonds is 5. The van der Waals surface area contributed by atoms with Gasteiger partial charge in [0.1, 0.15) is 0 Å². The fourth-order valence-electron chi connectivity index (χ4n) is 0.651. The number of ether oxygens (including phenoxy) is 1. The van der Waals surface area contributed by atoms with Gasteiger partial charge in [-0.3, -0.25) is 9.59 Å². The van der Waals surface area contributed by atoms with Crippen molar-refractivity contribution in [1.82, 2.24) is 0 Å². The Morgan fingerprint density at radius 1 is 1.50 bits per heavy atom. The van der Waals surface area contributed by atoms with Crippen molar-refractivity contribution in [2.45, 2.75) is 13.3 Å². The van der Waals surface area contributed by atoms with Crippen LogP contribution in [0.15, 0.2) is 0 Å². The van der Waals surface area contributed by atoms with Gasteiger partial charge in [-0.05, 0) is 6.92 Å². The van der Waals surface area contributed by atoms with Crippen LogP contribution in [0.2, 0.25) is 0 Å². The number of carbonyl (C=O) groups excluding carboxylic acids is 1.